The van der Waals surface area contributed by atoms with Crippen LogP contribution in [-0.2, 0) is 16.0 Å². The summed E-state index contributed by atoms with van der Waals surface area (Å²) in [5, 5.41) is 6.66. The molecule has 0 saturated carbocycles. The number of rotatable bonds is 6. The molecule has 0 aliphatic carbocycles. The van der Waals surface area contributed by atoms with Crippen molar-refractivity contribution in [2.24, 2.45) is 0 Å². The summed E-state index contributed by atoms with van der Waals surface area (Å²) in [6.07, 6.45) is -0.0659. The van der Waals surface area contributed by atoms with Gasteiger partial charge in [0.2, 0.25) is 5.91 Å². The van der Waals surface area contributed by atoms with Gasteiger partial charge in [-0.05, 0) is 43.7 Å². The highest BCUT2D eigenvalue weighted by molar-refractivity contribution is 6.00. The smallest absolute Gasteiger partial charge is 0.360 e. The summed E-state index contributed by atoms with van der Waals surface area (Å²) in [6.45, 7) is 3.65. The van der Waals surface area contributed by atoms with E-state index in [0.29, 0.717) is 11.3 Å². The Balaban J connectivity index is 1.94. The van der Waals surface area contributed by atoms with E-state index in [1.807, 2.05) is 19.1 Å². The lowest BCUT2D eigenvalue weighted by Crippen LogP contribution is -2.27. The zero-order valence-electron chi connectivity index (χ0n) is 16.5. The van der Waals surface area contributed by atoms with Crippen LogP contribution < -0.4 is 10.9 Å². The Morgan fingerprint density at radius 1 is 1.10 bits per heavy atom. The molecular formula is C22H20FN3O4. The number of aryl methyl sites for hydroxylation is 1. The van der Waals surface area contributed by atoms with Crippen molar-refractivity contribution in [2.45, 2.75) is 20.3 Å². The van der Waals surface area contributed by atoms with Crippen molar-refractivity contribution in [3.8, 4) is 5.69 Å². The lowest BCUT2D eigenvalue weighted by Gasteiger charge is -2.12. The lowest BCUT2D eigenvalue weighted by atomic mass is 10.1. The molecule has 0 fully saturated rings. The van der Waals surface area contributed by atoms with Gasteiger partial charge in [0.15, 0.2) is 5.69 Å². The first kappa shape index (κ1) is 20.9. The van der Waals surface area contributed by atoms with Crippen molar-refractivity contribution >= 4 is 17.6 Å². The van der Waals surface area contributed by atoms with Crippen LogP contribution in [0.2, 0.25) is 0 Å². The van der Waals surface area contributed by atoms with Crippen LogP contribution in [0.4, 0.5) is 10.1 Å². The molecule has 154 valence electrons. The fraction of sp³-hybridized carbons (Fsp3) is 0.182. The van der Waals surface area contributed by atoms with Crippen molar-refractivity contribution in [3.05, 3.63) is 87.6 Å². The third-order valence-electron chi connectivity index (χ3n) is 4.23. The molecule has 0 atom stereocenters. The van der Waals surface area contributed by atoms with Crippen LogP contribution in [0.1, 0.15) is 28.5 Å². The van der Waals surface area contributed by atoms with Crippen LogP contribution in [-0.4, -0.2) is 28.3 Å². The van der Waals surface area contributed by atoms with Gasteiger partial charge >= 0.3 is 5.97 Å². The number of nitrogens with zero attached hydrogens (tertiary/aromatic N) is 2. The molecule has 8 heteroatoms. The van der Waals surface area contributed by atoms with E-state index in [-0.39, 0.29) is 24.4 Å². The minimum Gasteiger partial charge on any atom is -0.461 e. The Morgan fingerprint density at radius 3 is 2.40 bits per heavy atom. The second kappa shape index (κ2) is 9.13. The van der Waals surface area contributed by atoms with Gasteiger partial charge in [0.05, 0.1) is 24.4 Å². The molecule has 3 aromatic rings. The van der Waals surface area contributed by atoms with E-state index in [9.17, 15) is 18.8 Å². The number of anilines is 1. The van der Waals surface area contributed by atoms with E-state index < -0.39 is 23.3 Å². The van der Waals surface area contributed by atoms with E-state index in [1.54, 1.807) is 19.1 Å². The monoisotopic (exact) mass is 409 g/mol. The first-order chi connectivity index (χ1) is 14.4. The molecule has 1 amide bonds. The van der Waals surface area contributed by atoms with Crippen LogP contribution >= 0.6 is 0 Å². The molecule has 0 spiro atoms. The molecule has 1 N–H and O–H groups in total. The van der Waals surface area contributed by atoms with Gasteiger partial charge < -0.3 is 10.1 Å². The quantitative estimate of drug-likeness (QED) is 0.632. The van der Waals surface area contributed by atoms with Crippen molar-refractivity contribution in [2.75, 3.05) is 11.9 Å². The van der Waals surface area contributed by atoms with Crippen molar-refractivity contribution in [1.82, 2.24) is 9.78 Å². The Bertz CT molecular complexity index is 1120. The molecule has 1 aromatic heterocycles. The van der Waals surface area contributed by atoms with Crippen LogP contribution in [0.3, 0.4) is 0 Å². The molecule has 0 saturated heterocycles. The number of ether oxygens (including phenoxy) is 1. The summed E-state index contributed by atoms with van der Waals surface area (Å²) in [6, 6.07) is 13.6. The zero-order valence-corrected chi connectivity index (χ0v) is 16.5. The minimum atomic E-state index is -0.768. The SMILES string of the molecule is CCOC(=O)c1nn(-c2ccc(C)cc2)c(=O)cc1NC(=O)Cc1ccc(F)cc1. The molecule has 0 aliphatic heterocycles. The third kappa shape index (κ3) is 4.96. The Kier molecular flexibility index (Phi) is 6.36. The number of benzene rings is 2. The number of nitrogens with one attached hydrogen (secondary N) is 1. The van der Waals surface area contributed by atoms with Crippen LogP contribution in [0.25, 0.3) is 5.69 Å². The highest BCUT2D eigenvalue weighted by atomic mass is 19.1. The van der Waals surface area contributed by atoms with Gasteiger partial charge in [-0.1, -0.05) is 29.8 Å². The Hall–Kier alpha value is -3.81. The van der Waals surface area contributed by atoms with Crippen LogP contribution in [0, 0.1) is 12.7 Å². The first-order valence-corrected chi connectivity index (χ1v) is 9.30. The van der Waals surface area contributed by atoms with Gasteiger partial charge in [0, 0.05) is 6.07 Å². The van der Waals surface area contributed by atoms with Crippen molar-refractivity contribution in [3.63, 3.8) is 0 Å². The molecule has 0 aliphatic rings. The largest absolute Gasteiger partial charge is 0.461 e. The third-order valence-corrected chi connectivity index (χ3v) is 4.23. The van der Waals surface area contributed by atoms with Crippen LogP contribution in [0.15, 0.2) is 59.4 Å². The zero-order chi connectivity index (χ0) is 21.7. The number of halogens is 1. The number of esters is 1. The number of amides is 1. The van der Waals surface area contributed by atoms with E-state index in [2.05, 4.69) is 10.4 Å². The van der Waals surface area contributed by atoms with Gasteiger partial charge in [-0.3, -0.25) is 9.59 Å². The summed E-state index contributed by atoms with van der Waals surface area (Å²) in [5.41, 5.74) is 1.29. The normalized spacial score (nSPS) is 10.5. The molecule has 7 nitrogen and oxygen atoms in total. The number of carbonyl (C=O) groups excluding carboxylic acids is 2. The van der Waals surface area contributed by atoms with E-state index in [4.69, 9.17) is 4.74 Å². The number of aromatic nitrogens is 2. The molecule has 0 radical (unpaired) electrons. The number of carbonyl (C=O) groups is 2. The maximum atomic E-state index is 13.0. The number of hydrogen-bond donors (Lipinski definition) is 1. The second-order valence-corrected chi connectivity index (χ2v) is 6.56. The van der Waals surface area contributed by atoms with E-state index in [0.717, 1.165) is 16.3 Å². The molecular weight excluding hydrogens is 389 g/mol. The summed E-state index contributed by atoms with van der Waals surface area (Å²) in [4.78, 5) is 37.4. The molecule has 3 rings (SSSR count). The van der Waals surface area contributed by atoms with E-state index >= 15 is 0 Å². The summed E-state index contributed by atoms with van der Waals surface area (Å²) < 4.78 is 19.1. The Morgan fingerprint density at radius 2 is 1.77 bits per heavy atom. The fourth-order valence-corrected chi connectivity index (χ4v) is 2.75. The average molecular weight is 409 g/mol. The second-order valence-electron chi connectivity index (χ2n) is 6.56. The predicted octanol–water partition coefficient (Wildman–Crippen LogP) is 3.04. The van der Waals surface area contributed by atoms with Gasteiger partial charge in [-0.15, -0.1) is 0 Å². The lowest BCUT2D eigenvalue weighted by molar-refractivity contribution is -0.115. The molecule has 30 heavy (non-hydrogen) atoms. The van der Waals surface area contributed by atoms with Gasteiger partial charge in [0.1, 0.15) is 5.82 Å². The van der Waals surface area contributed by atoms with Crippen molar-refractivity contribution < 1.29 is 18.7 Å². The Labute approximate surface area is 172 Å². The maximum Gasteiger partial charge on any atom is 0.360 e. The van der Waals surface area contributed by atoms with E-state index in [1.165, 1.54) is 24.3 Å². The molecule has 0 unspecified atom stereocenters. The highest BCUT2D eigenvalue weighted by Crippen LogP contribution is 2.15. The fourth-order valence-electron chi connectivity index (χ4n) is 2.75. The van der Waals surface area contributed by atoms with Crippen molar-refractivity contribution in [1.29, 1.82) is 0 Å². The average Bonchev–Trinajstić information content (AvgIpc) is 2.71. The minimum absolute atomic E-state index is 0.0473. The summed E-state index contributed by atoms with van der Waals surface area (Å²) in [5.74, 6) is -1.66. The standard InChI is InChI=1S/C22H20FN3O4/c1-3-30-22(29)21-18(24-19(27)12-15-6-8-16(23)9-7-15)13-20(28)26(25-21)17-10-4-14(2)5-11-17/h4-11,13H,3,12H2,1-2H3,(H,24,27). The van der Waals surface area contributed by atoms with Gasteiger partial charge in [-0.2, -0.15) is 9.78 Å². The molecule has 1 heterocycles. The highest BCUT2D eigenvalue weighted by Gasteiger charge is 2.20. The van der Waals surface area contributed by atoms with Gasteiger partial charge in [-0.25, -0.2) is 9.18 Å². The topological polar surface area (TPSA) is 90.3 Å². The maximum absolute atomic E-state index is 13.0. The van der Waals surface area contributed by atoms with Gasteiger partial charge in [0.25, 0.3) is 5.56 Å². The van der Waals surface area contributed by atoms with Crippen LogP contribution in [0.5, 0.6) is 0 Å². The number of hydrogen-bond acceptors (Lipinski definition) is 5. The first-order valence-electron chi connectivity index (χ1n) is 9.30. The molecule has 0 bridgehead atoms. The summed E-state index contributed by atoms with van der Waals surface area (Å²) in [7, 11) is 0. The predicted molar refractivity (Wildman–Crippen MR) is 109 cm³/mol. The summed E-state index contributed by atoms with van der Waals surface area (Å²) >= 11 is 0. The molecule has 2 aromatic carbocycles.